The maximum absolute atomic E-state index is 14.2. The summed E-state index contributed by atoms with van der Waals surface area (Å²) in [4.78, 5) is 0. The summed E-state index contributed by atoms with van der Waals surface area (Å²) in [7, 11) is 1.87. The number of aryl methyl sites for hydroxylation is 1. The lowest BCUT2D eigenvalue weighted by atomic mass is 9.97. The van der Waals surface area contributed by atoms with Gasteiger partial charge in [0.15, 0.2) is 0 Å². The number of likely N-dealkylation sites (N-methyl/N-ethyl adjacent to an activating group) is 1. The zero-order valence-corrected chi connectivity index (χ0v) is 13.2. The van der Waals surface area contributed by atoms with Gasteiger partial charge in [0.1, 0.15) is 5.82 Å². The SMILES string of the molecule is CNC(Cc1ccc(I)cc1)c1cccc(C)c1F. The summed E-state index contributed by atoms with van der Waals surface area (Å²) in [5, 5.41) is 3.21. The topological polar surface area (TPSA) is 12.0 Å². The number of nitrogens with one attached hydrogen (secondary N) is 1. The molecule has 0 bridgehead atoms. The van der Waals surface area contributed by atoms with Gasteiger partial charge in [0.2, 0.25) is 0 Å². The predicted molar refractivity (Wildman–Crippen MR) is 85.8 cm³/mol. The first kappa shape index (κ1) is 14.5. The molecular weight excluding hydrogens is 352 g/mol. The van der Waals surface area contributed by atoms with Crippen LogP contribution in [0.5, 0.6) is 0 Å². The van der Waals surface area contributed by atoms with Crippen LogP contribution in [0.2, 0.25) is 0 Å². The third-order valence-corrected chi connectivity index (χ3v) is 4.02. The molecule has 3 heteroatoms. The molecule has 1 unspecified atom stereocenters. The Balaban J connectivity index is 2.25. The van der Waals surface area contributed by atoms with E-state index in [9.17, 15) is 4.39 Å². The molecule has 0 aliphatic carbocycles. The lowest BCUT2D eigenvalue weighted by Crippen LogP contribution is -2.20. The number of hydrogen-bond acceptors (Lipinski definition) is 1. The van der Waals surface area contributed by atoms with Crippen molar-refractivity contribution in [3.63, 3.8) is 0 Å². The van der Waals surface area contributed by atoms with Crippen LogP contribution in [0.3, 0.4) is 0 Å². The first-order chi connectivity index (χ1) is 9.11. The number of rotatable bonds is 4. The van der Waals surface area contributed by atoms with Crippen molar-refractivity contribution in [1.29, 1.82) is 0 Å². The Morgan fingerprint density at radius 3 is 2.47 bits per heavy atom. The van der Waals surface area contributed by atoms with Gasteiger partial charge in [0.05, 0.1) is 0 Å². The minimum atomic E-state index is -0.104. The molecule has 1 nitrogen and oxygen atoms in total. The molecule has 1 atom stereocenters. The van der Waals surface area contributed by atoms with E-state index in [4.69, 9.17) is 0 Å². The molecule has 2 rings (SSSR count). The molecule has 2 aromatic carbocycles. The van der Waals surface area contributed by atoms with Gasteiger partial charge in [-0.15, -0.1) is 0 Å². The highest BCUT2D eigenvalue weighted by Gasteiger charge is 2.15. The monoisotopic (exact) mass is 369 g/mol. The van der Waals surface area contributed by atoms with Crippen LogP contribution in [0.4, 0.5) is 4.39 Å². The summed E-state index contributed by atoms with van der Waals surface area (Å²) in [5.41, 5.74) is 2.64. The molecule has 100 valence electrons. The second-order valence-electron chi connectivity index (χ2n) is 4.65. The quantitative estimate of drug-likeness (QED) is 0.795. The van der Waals surface area contributed by atoms with E-state index >= 15 is 0 Å². The summed E-state index contributed by atoms with van der Waals surface area (Å²) in [6.45, 7) is 1.80. The summed E-state index contributed by atoms with van der Waals surface area (Å²) >= 11 is 2.29. The minimum Gasteiger partial charge on any atom is -0.313 e. The van der Waals surface area contributed by atoms with Gasteiger partial charge in [-0.05, 0) is 66.2 Å². The van der Waals surface area contributed by atoms with E-state index in [-0.39, 0.29) is 11.9 Å². The van der Waals surface area contributed by atoms with Crippen molar-refractivity contribution in [2.45, 2.75) is 19.4 Å². The molecule has 0 aliphatic rings. The summed E-state index contributed by atoms with van der Waals surface area (Å²) in [5.74, 6) is -0.104. The van der Waals surface area contributed by atoms with Crippen molar-refractivity contribution in [3.8, 4) is 0 Å². The largest absolute Gasteiger partial charge is 0.313 e. The van der Waals surface area contributed by atoms with Crippen LogP contribution in [0.1, 0.15) is 22.7 Å². The Bertz CT molecular complexity index is 551. The number of halogens is 2. The molecule has 1 N–H and O–H groups in total. The highest BCUT2D eigenvalue weighted by Crippen LogP contribution is 2.23. The molecule has 0 aliphatic heterocycles. The molecule has 0 fully saturated rings. The number of benzene rings is 2. The second kappa shape index (κ2) is 6.48. The van der Waals surface area contributed by atoms with Gasteiger partial charge in [-0.1, -0.05) is 30.3 Å². The van der Waals surface area contributed by atoms with Crippen LogP contribution in [-0.4, -0.2) is 7.05 Å². The highest BCUT2D eigenvalue weighted by molar-refractivity contribution is 14.1. The Labute approximate surface area is 127 Å². The normalized spacial score (nSPS) is 12.4. The van der Waals surface area contributed by atoms with E-state index in [1.165, 1.54) is 9.13 Å². The average Bonchev–Trinajstić information content (AvgIpc) is 2.42. The second-order valence-corrected chi connectivity index (χ2v) is 5.90. The van der Waals surface area contributed by atoms with Crippen LogP contribution < -0.4 is 5.32 Å². The van der Waals surface area contributed by atoms with E-state index in [0.29, 0.717) is 5.56 Å². The van der Waals surface area contributed by atoms with Gasteiger partial charge in [0, 0.05) is 15.2 Å². The molecule has 0 spiro atoms. The fourth-order valence-corrected chi connectivity index (χ4v) is 2.52. The first-order valence-electron chi connectivity index (χ1n) is 6.28. The van der Waals surface area contributed by atoms with Gasteiger partial charge in [-0.2, -0.15) is 0 Å². The van der Waals surface area contributed by atoms with Crippen molar-refractivity contribution in [1.82, 2.24) is 5.32 Å². The summed E-state index contributed by atoms with van der Waals surface area (Å²) in [6, 6.07) is 13.9. The van der Waals surface area contributed by atoms with Crippen molar-refractivity contribution in [2.24, 2.45) is 0 Å². The smallest absolute Gasteiger partial charge is 0.130 e. The molecule has 0 radical (unpaired) electrons. The Morgan fingerprint density at radius 1 is 1.16 bits per heavy atom. The van der Waals surface area contributed by atoms with Crippen LogP contribution >= 0.6 is 22.6 Å². The van der Waals surface area contributed by atoms with Crippen LogP contribution in [0, 0.1) is 16.3 Å². The maximum Gasteiger partial charge on any atom is 0.130 e. The maximum atomic E-state index is 14.2. The summed E-state index contributed by atoms with van der Waals surface area (Å²) in [6.07, 6.45) is 0.786. The Morgan fingerprint density at radius 2 is 1.84 bits per heavy atom. The molecular formula is C16H17FIN. The van der Waals surface area contributed by atoms with E-state index < -0.39 is 0 Å². The zero-order valence-electron chi connectivity index (χ0n) is 11.1. The molecule has 19 heavy (non-hydrogen) atoms. The molecule has 0 heterocycles. The summed E-state index contributed by atoms with van der Waals surface area (Å²) < 4.78 is 15.4. The van der Waals surface area contributed by atoms with Crippen molar-refractivity contribution < 1.29 is 4.39 Å². The van der Waals surface area contributed by atoms with Gasteiger partial charge < -0.3 is 5.32 Å². The lowest BCUT2D eigenvalue weighted by molar-refractivity contribution is 0.530. The third-order valence-electron chi connectivity index (χ3n) is 3.30. The molecule has 0 amide bonds. The first-order valence-corrected chi connectivity index (χ1v) is 7.36. The van der Waals surface area contributed by atoms with E-state index in [2.05, 4.69) is 52.2 Å². The van der Waals surface area contributed by atoms with E-state index in [0.717, 1.165) is 12.0 Å². The van der Waals surface area contributed by atoms with E-state index in [1.807, 2.05) is 19.2 Å². The fraction of sp³-hybridized carbons (Fsp3) is 0.250. The molecule has 0 saturated carbocycles. The van der Waals surface area contributed by atoms with Crippen molar-refractivity contribution >= 4 is 22.6 Å². The zero-order chi connectivity index (χ0) is 13.8. The van der Waals surface area contributed by atoms with Crippen LogP contribution in [-0.2, 0) is 6.42 Å². The van der Waals surface area contributed by atoms with E-state index in [1.54, 1.807) is 13.0 Å². The molecule has 0 aromatic heterocycles. The predicted octanol–water partition coefficient (Wildman–Crippen LogP) is 4.24. The van der Waals surface area contributed by atoms with Gasteiger partial charge in [0.25, 0.3) is 0 Å². The Hall–Kier alpha value is -0.940. The van der Waals surface area contributed by atoms with Gasteiger partial charge >= 0.3 is 0 Å². The Kier molecular flexibility index (Phi) is 4.93. The van der Waals surface area contributed by atoms with Gasteiger partial charge in [-0.25, -0.2) is 4.39 Å². The fourth-order valence-electron chi connectivity index (χ4n) is 2.16. The molecule has 0 saturated heterocycles. The lowest BCUT2D eigenvalue weighted by Gasteiger charge is -2.18. The van der Waals surface area contributed by atoms with Gasteiger partial charge in [-0.3, -0.25) is 0 Å². The van der Waals surface area contributed by atoms with Crippen LogP contribution in [0.15, 0.2) is 42.5 Å². The third kappa shape index (κ3) is 3.54. The minimum absolute atomic E-state index is 0.0000359. The van der Waals surface area contributed by atoms with Crippen molar-refractivity contribution in [3.05, 3.63) is 68.5 Å². The molecule has 2 aromatic rings. The number of hydrogen-bond donors (Lipinski definition) is 1. The standard InChI is InChI=1S/C16H17FIN/c1-11-4-3-5-14(16(11)17)15(19-2)10-12-6-8-13(18)9-7-12/h3-9,15,19H,10H2,1-2H3. The highest BCUT2D eigenvalue weighted by atomic mass is 127. The van der Waals surface area contributed by atoms with Crippen molar-refractivity contribution in [2.75, 3.05) is 7.05 Å². The van der Waals surface area contributed by atoms with Crippen LogP contribution in [0.25, 0.3) is 0 Å². The average molecular weight is 369 g/mol.